The predicted molar refractivity (Wildman–Crippen MR) is 83.9 cm³/mol. The summed E-state index contributed by atoms with van der Waals surface area (Å²) in [5, 5.41) is 11.0. The van der Waals surface area contributed by atoms with Crippen molar-refractivity contribution in [3.05, 3.63) is 45.9 Å². The average molecular weight is 357 g/mol. The number of hydrogen-bond donors (Lipinski definition) is 0. The van der Waals surface area contributed by atoms with Crippen molar-refractivity contribution in [3.63, 3.8) is 0 Å². The fourth-order valence-corrected chi connectivity index (χ4v) is 3.02. The first-order valence-corrected chi connectivity index (χ1v) is 7.42. The smallest absolute Gasteiger partial charge is 0.497 e. The maximum Gasteiger partial charge on any atom is 1.00 e. The van der Waals surface area contributed by atoms with Gasteiger partial charge in [0.05, 0.1) is 7.11 Å². The standard InChI is InChI=1S/C17H20NO5.K/c1-17(2)8-14(19)16(15(20)9-17)13(10-18(21)22)11-4-6-12(23-3)7-5-11;/h4-7,13H,8-10H2,1-3H3;/q-1;+1. The van der Waals surface area contributed by atoms with Gasteiger partial charge >= 0.3 is 51.4 Å². The van der Waals surface area contributed by atoms with E-state index in [2.05, 4.69) is 0 Å². The number of hydrogen-bond acceptors (Lipinski definition) is 5. The molecule has 0 heterocycles. The summed E-state index contributed by atoms with van der Waals surface area (Å²) < 4.78 is 5.07. The third-order valence-corrected chi connectivity index (χ3v) is 4.08. The van der Waals surface area contributed by atoms with Crippen LogP contribution in [0, 0.1) is 21.4 Å². The van der Waals surface area contributed by atoms with Crippen molar-refractivity contribution in [1.29, 1.82) is 0 Å². The molecule has 1 aliphatic carbocycles. The van der Waals surface area contributed by atoms with Crippen LogP contribution in [0.4, 0.5) is 0 Å². The molecule has 1 saturated carbocycles. The molecule has 0 saturated heterocycles. The minimum Gasteiger partial charge on any atom is -0.497 e. The molecule has 124 valence electrons. The van der Waals surface area contributed by atoms with Crippen LogP contribution in [0.25, 0.3) is 0 Å². The summed E-state index contributed by atoms with van der Waals surface area (Å²) in [6.07, 6.45) is 0.469. The fraction of sp³-hybridized carbons (Fsp3) is 0.471. The third-order valence-electron chi connectivity index (χ3n) is 4.08. The summed E-state index contributed by atoms with van der Waals surface area (Å²) in [6.45, 7) is 3.24. The van der Waals surface area contributed by atoms with Gasteiger partial charge in [-0.3, -0.25) is 10.1 Å². The van der Waals surface area contributed by atoms with Crippen LogP contribution in [0.1, 0.15) is 38.2 Å². The fourth-order valence-electron chi connectivity index (χ4n) is 3.02. The van der Waals surface area contributed by atoms with Crippen molar-refractivity contribution in [3.8, 4) is 5.75 Å². The van der Waals surface area contributed by atoms with Crippen molar-refractivity contribution in [2.45, 2.75) is 32.6 Å². The van der Waals surface area contributed by atoms with E-state index in [1.807, 2.05) is 13.8 Å². The number of carbonyl (C=O) groups is 2. The molecule has 1 aromatic carbocycles. The average Bonchev–Trinajstić information content (AvgIpc) is 2.44. The van der Waals surface area contributed by atoms with Crippen LogP contribution in [0.5, 0.6) is 5.75 Å². The Morgan fingerprint density at radius 1 is 1.21 bits per heavy atom. The number of benzene rings is 1. The van der Waals surface area contributed by atoms with Gasteiger partial charge in [-0.1, -0.05) is 31.5 Å². The van der Waals surface area contributed by atoms with E-state index in [-0.39, 0.29) is 81.7 Å². The Balaban J connectivity index is 0.00000288. The number of ether oxygens (including phenoxy) is 1. The van der Waals surface area contributed by atoms with Gasteiger partial charge < -0.3 is 14.3 Å². The second-order valence-corrected chi connectivity index (χ2v) is 6.62. The Kier molecular flexibility index (Phi) is 7.61. The molecule has 7 heteroatoms. The van der Waals surface area contributed by atoms with Gasteiger partial charge in [0, 0.05) is 16.5 Å². The number of carbonyl (C=O) groups excluding carboxylic acids is 2. The maximum absolute atomic E-state index is 12.4. The normalized spacial score (nSPS) is 17.9. The molecule has 0 aromatic heterocycles. The molecule has 1 aliphatic rings. The zero-order valence-corrected chi connectivity index (χ0v) is 17.6. The second kappa shape index (κ2) is 8.58. The second-order valence-electron chi connectivity index (χ2n) is 6.62. The van der Waals surface area contributed by atoms with Crippen LogP contribution in [0.3, 0.4) is 0 Å². The van der Waals surface area contributed by atoms with Crippen LogP contribution in [-0.4, -0.2) is 30.1 Å². The Hall–Kier alpha value is -0.734. The molecule has 0 amide bonds. The number of ketones is 2. The van der Waals surface area contributed by atoms with E-state index in [0.717, 1.165) is 0 Å². The van der Waals surface area contributed by atoms with E-state index in [9.17, 15) is 19.7 Å². The first-order chi connectivity index (χ1) is 10.7. The van der Waals surface area contributed by atoms with Gasteiger partial charge in [-0.25, -0.2) is 5.92 Å². The van der Waals surface area contributed by atoms with Crippen LogP contribution in [0.15, 0.2) is 24.3 Å². The van der Waals surface area contributed by atoms with Crippen LogP contribution < -0.4 is 56.1 Å². The molecule has 1 fully saturated rings. The molecule has 2 rings (SSSR count). The van der Waals surface area contributed by atoms with E-state index in [0.29, 0.717) is 11.3 Å². The first-order valence-electron chi connectivity index (χ1n) is 7.42. The molecular formula is C17H20KNO5. The van der Waals surface area contributed by atoms with Gasteiger partial charge in [0.25, 0.3) is 0 Å². The van der Waals surface area contributed by atoms with Gasteiger partial charge in [-0.2, -0.15) is 0 Å². The summed E-state index contributed by atoms with van der Waals surface area (Å²) in [5.41, 5.74) is 0.190. The van der Waals surface area contributed by atoms with Crippen LogP contribution in [-0.2, 0) is 9.59 Å². The van der Waals surface area contributed by atoms with E-state index in [1.165, 1.54) is 7.11 Å². The Bertz CT molecular complexity index is 606. The number of rotatable bonds is 5. The Morgan fingerprint density at radius 3 is 2.12 bits per heavy atom. The van der Waals surface area contributed by atoms with Crippen LogP contribution in [0.2, 0.25) is 0 Å². The number of methoxy groups -OCH3 is 1. The van der Waals surface area contributed by atoms with Crippen molar-refractivity contribution in [1.82, 2.24) is 0 Å². The van der Waals surface area contributed by atoms with Gasteiger partial charge in [0.15, 0.2) is 6.54 Å². The third kappa shape index (κ3) is 5.13. The molecular weight excluding hydrogens is 337 g/mol. The molecule has 0 spiro atoms. The molecule has 0 radical (unpaired) electrons. The zero-order valence-electron chi connectivity index (χ0n) is 14.5. The number of nitro groups is 1. The number of Topliss-reactive ketones (excluding diaryl/α,β-unsaturated/α-hetero) is 2. The van der Waals surface area contributed by atoms with Crippen LogP contribution >= 0.6 is 0 Å². The van der Waals surface area contributed by atoms with E-state index in [1.54, 1.807) is 24.3 Å². The molecule has 6 nitrogen and oxygen atoms in total. The molecule has 1 atom stereocenters. The molecule has 0 aliphatic heterocycles. The summed E-state index contributed by atoms with van der Waals surface area (Å²) in [6, 6.07) is 6.68. The first kappa shape index (κ1) is 21.3. The minimum absolute atomic E-state index is 0. The zero-order chi connectivity index (χ0) is 17.2. The van der Waals surface area contributed by atoms with E-state index in [4.69, 9.17) is 4.74 Å². The van der Waals surface area contributed by atoms with Crippen molar-refractivity contribution < 1.29 is 70.6 Å². The monoisotopic (exact) mass is 357 g/mol. The summed E-state index contributed by atoms with van der Waals surface area (Å²) in [7, 11) is 1.52. The van der Waals surface area contributed by atoms with E-state index >= 15 is 0 Å². The predicted octanol–water partition coefficient (Wildman–Crippen LogP) is -0.408. The Labute approximate surface area is 183 Å². The minimum atomic E-state index is -0.813. The van der Waals surface area contributed by atoms with E-state index < -0.39 is 22.8 Å². The molecule has 1 aromatic rings. The van der Waals surface area contributed by atoms with Crippen molar-refractivity contribution in [2.75, 3.05) is 13.7 Å². The quantitative estimate of drug-likeness (QED) is 0.310. The largest absolute Gasteiger partial charge is 1.00 e. The topological polar surface area (TPSA) is 86.5 Å². The van der Waals surface area contributed by atoms with Gasteiger partial charge in [0.1, 0.15) is 5.75 Å². The number of nitrogens with zero attached hydrogens (tertiary/aromatic N) is 1. The Morgan fingerprint density at radius 2 is 1.71 bits per heavy atom. The summed E-state index contributed by atoms with van der Waals surface area (Å²) >= 11 is 0. The molecule has 0 N–H and O–H groups in total. The molecule has 24 heavy (non-hydrogen) atoms. The SMILES string of the molecule is COc1ccc(C(C[N+](=O)[O-])[C-]2C(=O)CC(C)(C)CC2=O)cc1.[K+]. The van der Waals surface area contributed by atoms with Crippen molar-refractivity contribution in [2.24, 2.45) is 5.41 Å². The molecule has 0 bridgehead atoms. The van der Waals surface area contributed by atoms with Gasteiger partial charge in [0.2, 0.25) is 0 Å². The maximum atomic E-state index is 12.4. The van der Waals surface area contributed by atoms with Crippen molar-refractivity contribution >= 4 is 11.6 Å². The van der Waals surface area contributed by atoms with Gasteiger partial charge in [-0.05, 0) is 36.3 Å². The van der Waals surface area contributed by atoms with Gasteiger partial charge in [-0.15, -0.1) is 0 Å². The summed E-state index contributed by atoms with van der Waals surface area (Å²) in [4.78, 5) is 35.4. The summed E-state index contributed by atoms with van der Waals surface area (Å²) in [5.74, 6) is -0.706. The molecule has 1 unspecified atom stereocenters.